The molecule has 1 atom stereocenters. The summed E-state index contributed by atoms with van der Waals surface area (Å²) in [5, 5.41) is 3.23. The summed E-state index contributed by atoms with van der Waals surface area (Å²) >= 11 is 6.01. The Kier molecular flexibility index (Phi) is 5.18. The fourth-order valence-corrected chi connectivity index (χ4v) is 3.19. The van der Waals surface area contributed by atoms with Crippen molar-refractivity contribution in [3.63, 3.8) is 0 Å². The molecule has 3 rings (SSSR count). The molecule has 3 heterocycles. The SMILES string of the molecule is CC(C)CCNC(=O)[C@H]1CCCN(c2nc(Cl)nc3nc[nH]c23)C1. The lowest BCUT2D eigenvalue weighted by atomic mass is 9.97. The molecule has 130 valence electrons. The van der Waals surface area contributed by atoms with Crippen LogP contribution in [-0.2, 0) is 4.79 Å². The standard InChI is InChI=1S/C16H23ClN6O/c1-10(2)5-6-18-15(24)11-4-3-7-23(8-11)14-12-13(20-9-19-12)21-16(17)22-14/h9-11H,3-8H2,1-2H3,(H,18,24)(H,19,20,21,22)/t11-/m0/s1. The Morgan fingerprint density at radius 1 is 1.50 bits per heavy atom. The van der Waals surface area contributed by atoms with Crippen molar-refractivity contribution in [1.29, 1.82) is 0 Å². The van der Waals surface area contributed by atoms with E-state index in [-0.39, 0.29) is 17.1 Å². The molecule has 1 aliphatic rings. The molecule has 1 aliphatic heterocycles. The minimum Gasteiger partial charge on any atom is -0.356 e. The summed E-state index contributed by atoms with van der Waals surface area (Å²) in [6.07, 6.45) is 4.42. The number of fused-ring (bicyclic) bond motifs is 1. The molecule has 1 amide bonds. The summed E-state index contributed by atoms with van der Waals surface area (Å²) in [6, 6.07) is 0. The number of piperidine rings is 1. The Morgan fingerprint density at radius 2 is 2.33 bits per heavy atom. The first-order valence-electron chi connectivity index (χ1n) is 8.44. The van der Waals surface area contributed by atoms with Crippen LogP contribution in [0.2, 0.25) is 5.28 Å². The molecule has 0 bridgehead atoms. The molecule has 2 aromatic rings. The number of carbonyl (C=O) groups is 1. The second kappa shape index (κ2) is 7.34. The summed E-state index contributed by atoms with van der Waals surface area (Å²) < 4.78 is 0. The van der Waals surface area contributed by atoms with E-state index < -0.39 is 0 Å². The third kappa shape index (κ3) is 3.77. The number of aromatic nitrogens is 4. The van der Waals surface area contributed by atoms with Gasteiger partial charge in [0, 0.05) is 19.6 Å². The topological polar surface area (TPSA) is 86.8 Å². The van der Waals surface area contributed by atoms with Gasteiger partial charge in [-0.2, -0.15) is 9.97 Å². The maximum absolute atomic E-state index is 12.4. The largest absolute Gasteiger partial charge is 0.356 e. The molecule has 0 unspecified atom stereocenters. The van der Waals surface area contributed by atoms with Crippen LogP contribution in [0.5, 0.6) is 0 Å². The van der Waals surface area contributed by atoms with Crippen molar-refractivity contribution in [2.75, 3.05) is 24.5 Å². The van der Waals surface area contributed by atoms with Crippen LogP contribution < -0.4 is 10.2 Å². The van der Waals surface area contributed by atoms with Crippen molar-refractivity contribution >= 4 is 34.5 Å². The number of hydrogen-bond acceptors (Lipinski definition) is 5. The van der Waals surface area contributed by atoms with Crippen LogP contribution in [-0.4, -0.2) is 45.5 Å². The van der Waals surface area contributed by atoms with Gasteiger partial charge in [0.1, 0.15) is 5.52 Å². The van der Waals surface area contributed by atoms with Crippen LogP contribution in [0.25, 0.3) is 11.2 Å². The highest BCUT2D eigenvalue weighted by molar-refractivity contribution is 6.28. The first-order valence-corrected chi connectivity index (χ1v) is 8.81. The van der Waals surface area contributed by atoms with Gasteiger partial charge in [0.25, 0.3) is 0 Å². The second-order valence-electron chi connectivity index (χ2n) is 6.68. The molecule has 24 heavy (non-hydrogen) atoms. The van der Waals surface area contributed by atoms with Gasteiger partial charge in [-0.1, -0.05) is 13.8 Å². The molecule has 0 radical (unpaired) electrons. The highest BCUT2D eigenvalue weighted by Crippen LogP contribution is 2.27. The highest BCUT2D eigenvalue weighted by atomic mass is 35.5. The maximum Gasteiger partial charge on any atom is 0.226 e. The molecule has 8 heteroatoms. The molecule has 7 nitrogen and oxygen atoms in total. The number of imidazole rings is 1. The van der Waals surface area contributed by atoms with Gasteiger partial charge < -0.3 is 15.2 Å². The molecule has 0 saturated carbocycles. The van der Waals surface area contributed by atoms with Gasteiger partial charge >= 0.3 is 0 Å². The van der Waals surface area contributed by atoms with Crippen LogP contribution in [0.4, 0.5) is 5.82 Å². The van der Waals surface area contributed by atoms with Gasteiger partial charge in [0.05, 0.1) is 12.2 Å². The average Bonchev–Trinajstić information content (AvgIpc) is 3.02. The first-order chi connectivity index (χ1) is 11.5. The normalized spacial score (nSPS) is 18.3. The molecule has 0 spiro atoms. The lowest BCUT2D eigenvalue weighted by Gasteiger charge is -2.33. The fraction of sp³-hybridized carbons (Fsp3) is 0.625. The van der Waals surface area contributed by atoms with E-state index >= 15 is 0 Å². The van der Waals surface area contributed by atoms with E-state index in [2.05, 4.69) is 44.0 Å². The Labute approximate surface area is 146 Å². The number of halogens is 1. The van der Waals surface area contributed by atoms with Gasteiger partial charge in [0.2, 0.25) is 11.2 Å². The van der Waals surface area contributed by atoms with E-state index in [9.17, 15) is 4.79 Å². The number of rotatable bonds is 5. The smallest absolute Gasteiger partial charge is 0.226 e. The third-order valence-corrected chi connectivity index (χ3v) is 4.52. The van der Waals surface area contributed by atoms with Crippen molar-refractivity contribution < 1.29 is 4.79 Å². The van der Waals surface area contributed by atoms with Gasteiger partial charge in [-0.3, -0.25) is 4.79 Å². The molecule has 0 aliphatic carbocycles. The number of amides is 1. The van der Waals surface area contributed by atoms with Gasteiger partial charge in [-0.15, -0.1) is 0 Å². The summed E-state index contributed by atoms with van der Waals surface area (Å²) in [5.41, 5.74) is 1.31. The minimum atomic E-state index is -0.0300. The van der Waals surface area contributed by atoms with Crippen molar-refractivity contribution in [2.24, 2.45) is 11.8 Å². The highest BCUT2D eigenvalue weighted by Gasteiger charge is 2.28. The van der Waals surface area contributed by atoms with Gasteiger partial charge in [0.15, 0.2) is 11.5 Å². The van der Waals surface area contributed by atoms with E-state index in [1.165, 1.54) is 0 Å². The zero-order valence-corrected chi connectivity index (χ0v) is 14.8. The van der Waals surface area contributed by atoms with Crippen LogP contribution in [0.1, 0.15) is 33.1 Å². The number of nitrogens with one attached hydrogen (secondary N) is 2. The maximum atomic E-state index is 12.4. The van der Waals surface area contributed by atoms with Gasteiger partial charge in [-0.05, 0) is 36.8 Å². The molecule has 0 aromatic carbocycles. The van der Waals surface area contributed by atoms with Crippen molar-refractivity contribution in [3.05, 3.63) is 11.6 Å². The van der Waals surface area contributed by atoms with Crippen LogP contribution in [0.15, 0.2) is 6.33 Å². The number of nitrogens with zero attached hydrogens (tertiary/aromatic N) is 4. The molecule has 1 saturated heterocycles. The second-order valence-corrected chi connectivity index (χ2v) is 7.01. The molecule has 2 N–H and O–H groups in total. The van der Waals surface area contributed by atoms with Crippen LogP contribution >= 0.6 is 11.6 Å². The summed E-state index contributed by atoms with van der Waals surface area (Å²) in [7, 11) is 0. The molecule has 2 aromatic heterocycles. The lowest BCUT2D eigenvalue weighted by Crippen LogP contribution is -2.43. The third-order valence-electron chi connectivity index (χ3n) is 4.35. The lowest BCUT2D eigenvalue weighted by molar-refractivity contribution is -0.125. The van der Waals surface area contributed by atoms with E-state index in [1.807, 2.05) is 0 Å². The van der Waals surface area contributed by atoms with E-state index in [1.54, 1.807) is 6.33 Å². The van der Waals surface area contributed by atoms with Crippen molar-refractivity contribution in [1.82, 2.24) is 25.3 Å². The van der Waals surface area contributed by atoms with Crippen molar-refractivity contribution in [3.8, 4) is 0 Å². The van der Waals surface area contributed by atoms with Crippen molar-refractivity contribution in [2.45, 2.75) is 33.1 Å². The number of H-pyrrole nitrogens is 1. The van der Waals surface area contributed by atoms with Gasteiger partial charge in [-0.25, -0.2) is 4.98 Å². The Hall–Kier alpha value is -1.89. The first kappa shape index (κ1) is 17.0. The number of carbonyl (C=O) groups excluding carboxylic acids is 1. The van der Waals surface area contributed by atoms with Crippen LogP contribution in [0.3, 0.4) is 0 Å². The predicted octanol–water partition coefficient (Wildman–Crippen LogP) is 2.39. The summed E-state index contributed by atoms with van der Waals surface area (Å²) in [5.74, 6) is 1.41. The quantitative estimate of drug-likeness (QED) is 0.808. The Bertz CT molecular complexity index is 716. The molecular weight excluding hydrogens is 328 g/mol. The molecule has 1 fully saturated rings. The zero-order valence-electron chi connectivity index (χ0n) is 14.0. The number of anilines is 1. The zero-order chi connectivity index (χ0) is 17.1. The number of hydrogen-bond donors (Lipinski definition) is 2. The fourth-order valence-electron chi connectivity index (χ4n) is 3.03. The minimum absolute atomic E-state index is 0.0300. The van der Waals surface area contributed by atoms with Crippen LogP contribution in [0, 0.1) is 11.8 Å². The Balaban J connectivity index is 1.71. The number of aromatic amines is 1. The average molecular weight is 351 g/mol. The van der Waals surface area contributed by atoms with E-state index in [0.29, 0.717) is 18.1 Å². The van der Waals surface area contributed by atoms with E-state index in [0.717, 1.165) is 43.7 Å². The predicted molar refractivity (Wildman–Crippen MR) is 94.1 cm³/mol. The summed E-state index contributed by atoms with van der Waals surface area (Å²) in [4.78, 5) is 30.2. The Morgan fingerprint density at radius 3 is 3.12 bits per heavy atom. The molecular formula is C16H23ClN6O. The van der Waals surface area contributed by atoms with E-state index in [4.69, 9.17) is 11.6 Å². The summed E-state index contributed by atoms with van der Waals surface area (Å²) in [6.45, 7) is 6.52. The monoisotopic (exact) mass is 350 g/mol.